The first-order valence-corrected chi connectivity index (χ1v) is 29.1. The fraction of sp³-hybridized carbons (Fsp3) is 0.519. The van der Waals surface area contributed by atoms with Crippen LogP contribution in [0.4, 0.5) is 4.39 Å². The first kappa shape index (κ1) is 71.4. The number of benzene rings is 2. The molecule has 2 aromatic carbocycles. The van der Waals surface area contributed by atoms with Crippen LogP contribution < -0.4 is 64.2 Å². The van der Waals surface area contributed by atoms with Crippen molar-refractivity contribution in [2.75, 3.05) is 56.3 Å². The number of halogens is 1. The number of hydrogen-bond donors (Lipinski definition) is 16. The van der Waals surface area contributed by atoms with E-state index in [2.05, 4.69) is 88.9 Å². The molecule has 0 aromatic heterocycles. The molecule has 31 heteroatoms. The molecule has 0 spiro atoms. The zero-order valence-corrected chi connectivity index (χ0v) is 49.0. The molecule has 458 valence electrons. The highest BCUT2D eigenvalue weighted by Crippen LogP contribution is 2.09. The number of carboxylic acid groups (broad SMARTS) is 1. The van der Waals surface area contributed by atoms with E-state index in [4.69, 9.17) is 16.0 Å². The molecular weight excluding hydrogens is 1140 g/mol. The summed E-state index contributed by atoms with van der Waals surface area (Å²) < 4.78 is 13.1. The summed E-state index contributed by atoms with van der Waals surface area (Å²) in [4.78, 5) is 150. The number of unbranched alkanes of at least 4 members (excludes halogenated alkanes) is 1. The van der Waals surface area contributed by atoms with Crippen LogP contribution in [0.1, 0.15) is 76.3 Å². The van der Waals surface area contributed by atoms with Crippen LogP contribution in [-0.4, -0.2) is 181 Å². The summed E-state index contributed by atoms with van der Waals surface area (Å²) in [6, 6.07) is 4.55. The molecule has 0 fully saturated rings. The predicted molar refractivity (Wildman–Crippen MR) is 315 cm³/mol. The lowest BCUT2D eigenvalue weighted by atomic mass is 10.0. The Morgan fingerprint density at radius 3 is 1.81 bits per heavy atom. The summed E-state index contributed by atoms with van der Waals surface area (Å²) in [5.74, 6) is -10.1. The summed E-state index contributed by atoms with van der Waals surface area (Å²) >= 11 is 9.96. The van der Waals surface area contributed by atoms with Gasteiger partial charge >= 0.3 is 5.97 Å². The van der Waals surface area contributed by atoms with E-state index in [-0.39, 0.29) is 62.7 Å². The minimum absolute atomic E-state index is 0.0322. The second-order valence-corrected chi connectivity index (χ2v) is 20.2. The number of rotatable bonds is 40. The molecule has 7 atom stereocenters. The van der Waals surface area contributed by atoms with Crippen molar-refractivity contribution in [2.24, 2.45) is 10.9 Å². The highest BCUT2D eigenvalue weighted by Gasteiger charge is 2.33. The van der Waals surface area contributed by atoms with Crippen molar-refractivity contribution < 1.29 is 67.1 Å². The minimum atomic E-state index is -1.82. The Hall–Kier alpha value is -7.67. The van der Waals surface area contributed by atoms with Crippen LogP contribution >= 0.6 is 37.0 Å². The molecule has 0 heterocycles. The number of hydrogen-bond acceptors (Lipinski definition) is 17. The van der Waals surface area contributed by atoms with Crippen molar-refractivity contribution in [3.63, 3.8) is 0 Å². The molecule has 0 bridgehead atoms. The number of carbonyl (C=O) groups is 11. The second-order valence-electron chi connectivity index (χ2n) is 18.5. The molecule has 0 aliphatic heterocycles. The largest absolute Gasteiger partial charge is 0.481 e. The number of nitrogens with one attached hydrogen (secondary N) is 12. The molecule has 27 nitrogen and oxygen atoms in total. The van der Waals surface area contributed by atoms with Gasteiger partial charge < -0.3 is 74.2 Å². The number of nitrogens with two attached hydrogens (primary N) is 1. The maximum Gasteiger partial charge on any atom is 0.305 e. The summed E-state index contributed by atoms with van der Waals surface area (Å²) in [6.07, 6.45) is 3.59. The molecule has 0 saturated carbocycles. The Morgan fingerprint density at radius 2 is 1.20 bits per heavy atom. The van der Waals surface area contributed by atoms with E-state index in [1.165, 1.54) is 49.2 Å². The van der Waals surface area contributed by atoms with Gasteiger partial charge in [-0.05, 0) is 87.6 Å². The Kier molecular flexibility index (Phi) is 34.9. The van der Waals surface area contributed by atoms with Gasteiger partial charge in [0.2, 0.25) is 53.2 Å². The Balaban J connectivity index is 2.15. The van der Waals surface area contributed by atoms with Gasteiger partial charge in [0, 0.05) is 44.0 Å². The van der Waals surface area contributed by atoms with E-state index in [1.54, 1.807) is 37.3 Å². The van der Waals surface area contributed by atoms with Crippen LogP contribution in [0.15, 0.2) is 59.8 Å². The molecule has 10 amide bonds. The van der Waals surface area contributed by atoms with Gasteiger partial charge in [0.05, 0.1) is 19.2 Å². The highest BCUT2D eigenvalue weighted by atomic mass is 32.2. The molecule has 15 N–H and O–H groups in total. The van der Waals surface area contributed by atoms with Gasteiger partial charge in [0.15, 0.2) is 12.6 Å². The highest BCUT2D eigenvalue weighted by molar-refractivity contribution is 7.98. The lowest BCUT2D eigenvalue weighted by Crippen LogP contribution is -2.59. The van der Waals surface area contributed by atoms with Crippen molar-refractivity contribution in [3.05, 3.63) is 71.5 Å². The van der Waals surface area contributed by atoms with Gasteiger partial charge in [0.1, 0.15) is 48.1 Å². The lowest BCUT2D eigenvalue weighted by molar-refractivity contribution is -0.141. The second kappa shape index (κ2) is 40.5. The summed E-state index contributed by atoms with van der Waals surface area (Å²) in [5.41, 5.74) is 6.59. The minimum Gasteiger partial charge on any atom is -0.481 e. The van der Waals surface area contributed by atoms with Gasteiger partial charge in [-0.3, -0.25) is 58.1 Å². The van der Waals surface area contributed by atoms with Crippen molar-refractivity contribution in [1.82, 2.24) is 58.5 Å². The zero-order valence-electron chi connectivity index (χ0n) is 46.4. The van der Waals surface area contributed by atoms with E-state index >= 15 is 0 Å². The average molecular weight is 1220 g/mol. The predicted octanol–water partition coefficient (Wildman–Crippen LogP) is -1.89. The molecule has 0 unspecified atom stereocenters. The Morgan fingerprint density at radius 1 is 0.651 bits per heavy atom. The van der Waals surface area contributed by atoms with Crippen LogP contribution in [-0.2, 0) is 64.0 Å². The number of thioether (sulfide) groups is 1. The van der Waals surface area contributed by atoms with Crippen LogP contribution in [0.3, 0.4) is 0 Å². The van der Waals surface area contributed by atoms with E-state index in [9.17, 15) is 62.2 Å². The van der Waals surface area contributed by atoms with Gasteiger partial charge in [0.25, 0.3) is 5.91 Å². The van der Waals surface area contributed by atoms with Crippen molar-refractivity contribution >= 4 is 114 Å². The third-order valence-corrected chi connectivity index (χ3v) is 13.1. The number of thiol groups is 2. The first-order valence-electron chi connectivity index (χ1n) is 26.5. The molecule has 0 saturated heterocycles. The molecule has 0 radical (unpaired) electrons. The van der Waals surface area contributed by atoms with Gasteiger partial charge in [-0.25, -0.2) is 4.39 Å². The van der Waals surface area contributed by atoms with Crippen LogP contribution in [0.5, 0.6) is 0 Å². The van der Waals surface area contributed by atoms with Crippen LogP contribution in [0, 0.1) is 11.2 Å². The number of oxime groups is 1. The number of carbonyl (C=O) groups excluding carboxylic acids is 10. The number of nitrogens with zero attached hydrogens (tertiary/aromatic N) is 1. The lowest BCUT2D eigenvalue weighted by Gasteiger charge is -2.25. The summed E-state index contributed by atoms with van der Waals surface area (Å²) in [6.45, 7) is 2.43. The first-order chi connectivity index (χ1) is 39.6. The smallest absolute Gasteiger partial charge is 0.305 e. The van der Waals surface area contributed by atoms with Crippen molar-refractivity contribution in [1.29, 1.82) is 5.41 Å². The number of guanidine groups is 1. The SMILES string of the molecule is CCNC(=O)[C@H](C)NC(=O)[C@H](Cc1ccccc1)NC(=O)[C@H](CS)NC(=O)[C@H](CC(=O)O)NC(=O)CNC(=O)[C@H](CCCNC(=N)N)NC(=O)[C@H](CS)NC(=O)[C@H](CCCCNC(=O)CO/N=C/c1ccc(F)cc1)NC(=O)CCCSC. The standard InChI is InChI=1S/C52H77FN14O13S3/c1-4-56-45(73)31(2)61-48(76)37(24-32-12-6-5-7-13-32)65-51(79)40(30-82)67-49(77)38(25-44(71)72)63-42(69)27-59-46(74)35(15-10-22-58-52(54)55)64-50(78)39(29-81)66-47(75)36(62-41(68)16-11-23-83-3)14-8-9-21-57-43(70)28-80-60-26-33-17-19-34(53)20-18-33/h5-7,12-13,17-20,26,31,35-40,81-82H,4,8-11,14-16,21-25,27-30H2,1-3H3,(H,56,73)(H,57,70)(H,59,74)(H,61,76)(H,62,68)(H,63,69)(H,64,78)(H,65,79)(H,66,75)(H,67,77)(H,71,72)(H4,54,55,58)/b60-26+/t31-,35-,36-,37-,38-,39-,40-/m0/s1. The fourth-order valence-corrected chi connectivity index (χ4v) is 8.32. The maximum absolute atomic E-state index is 13.8. The normalized spacial score (nSPS) is 13.4. The number of likely N-dealkylation sites (N-methyl/N-ethyl adjacent to an activating group) is 1. The number of carboxylic acids is 1. The molecule has 2 rings (SSSR count). The van der Waals surface area contributed by atoms with Crippen molar-refractivity contribution in [2.45, 2.75) is 114 Å². The van der Waals surface area contributed by atoms with Crippen LogP contribution in [0.2, 0.25) is 0 Å². The molecule has 83 heavy (non-hydrogen) atoms. The maximum atomic E-state index is 13.8. The van der Waals surface area contributed by atoms with E-state index < -0.39 is 133 Å². The Labute approximate surface area is 495 Å². The monoisotopic (exact) mass is 1220 g/mol. The molecule has 0 aliphatic carbocycles. The van der Waals surface area contributed by atoms with Gasteiger partial charge in [-0.2, -0.15) is 37.0 Å². The third-order valence-electron chi connectivity index (χ3n) is 11.7. The quantitative estimate of drug-likeness (QED) is 0.0114. The summed E-state index contributed by atoms with van der Waals surface area (Å²) in [7, 11) is 0. The van der Waals surface area contributed by atoms with E-state index in [0.29, 0.717) is 42.7 Å². The fourth-order valence-electron chi connectivity index (χ4n) is 7.37. The number of aliphatic carboxylic acids is 1. The zero-order chi connectivity index (χ0) is 61.7. The third kappa shape index (κ3) is 30.3. The number of amides is 10. The average Bonchev–Trinajstić information content (AvgIpc) is 3.48. The van der Waals surface area contributed by atoms with E-state index in [1.807, 2.05) is 6.26 Å². The van der Waals surface area contributed by atoms with Gasteiger partial charge in [-0.1, -0.05) is 47.6 Å². The molecule has 2 aromatic rings. The van der Waals surface area contributed by atoms with Crippen LogP contribution in [0.25, 0.3) is 0 Å². The van der Waals surface area contributed by atoms with Gasteiger partial charge in [-0.15, -0.1) is 0 Å². The molecular formula is C52H77FN14O13S3. The molecule has 0 aliphatic rings. The van der Waals surface area contributed by atoms with E-state index in [0.717, 1.165) is 0 Å². The topological polar surface area (TPSA) is 412 Å². The van der Waals surface area contributed by atoms with Crippen molar-refractivity contribution in [3.8, 4) is 0 Å². The Bertz CT molecular complexity index is 2510. The summed E-state index contributed by atoms with van der Waals surface area (Å²) in [5, 5.41) is 48.4.